The average molecular weight is 453 g/mol. The maximum atomic E-state index is 13.6. The van der Waals surface area contributed by atoms with E-state index >= 15 is 0 Å². The van der Waals surface area contributed by atoms with E-state index in [1.807, 2.05) is 6.92 Å². The molecule has 9 nitrogen and oxygen atoms in total. The molecule has 2 amide bonds. The van der Waals surface area contributed by atoms with Crippen molar-refractivity contribution in [2.24, 2.45) is 0 Å². The molecule has 0 atom stereocenters. The van der Waals surface area contributed by atoms with Gasteiger partial charge in [-0.1, -0.05) is 6.42 Å². The second-order valence-corrected chi connectivity index (χ2v) is 9.68. The summed E-state index contributed by atoms with van der Waals surface area (Å²) < 4.78 is 1.65. The number of carbonyl (C=O) groups excluding carboxylic acids is 2. The van der Waals surface area contributed by atoms with E-state index in [2.05, 4.69) is 20.6 Å². The maximum Gasteiger partial charge on any atom is 0.276 e. The van der Waals surface area contributed by atoms with Crippen molar-refractivity contribution >= 4 is 44.9 Å². The van der Waals surface area contributed by atoms with E-state index in [-0.39, 0.29) is 17.4 Å². The van der Waals surface area contributed by atoms with E-state index in [0.29, 0.717) is 32.3 Å². The molecule has 4 heterocycles. The number of hydrogen-bond donors (Lipinski definition) is 2. The Morgan fingerprint density at radius 3 is 2.66 bits per heavy atom. The van der Waals surface area contributed by atoms with Crippen molar-refractivity contribution in [3.8, 4) is 0 Å². The summed E-state index contributed by atoms with van der Waals surface area (Å²) in [6.45, 7) is 1.84. The fourth-order valence-electron chi connectivity index (χ4n) is 4.74. The normalized spacial score (nSPS) is 16.8. The van der Waals surface area contributed by atoms with E-state index in [0.717, 1.165) is 37.7 Å². The Labute approximate surface area is 188 Å². The Morgan fingerprint density at radius 2 is 1.94 bits per heavy atom. The quantitative estimate of drug-likeness (QED) is 0.632. The van der Waals surface area contributed by atoms with Gasteiger partial charge < -0.3 is 15.5 Å². The monoisotopic (exact) mass is 452 g/mol. The van der Waals surface area contributed by atoms with Gasteiger partial charge in [0.2, 0.25) is 0 Å². The largest absolute Gasteiger partial charge is 0.344 e. The minimum atomic E-state index is -0.654. The van der Waals surface area contributed by atoms with Gasteiger partial charge in [0.25, 0.3) is 17.4 Å². The van der Waals surface area contributed by atoms with Crippen molar-refractivity contribution in [1.29, 1.82) is 0 Å². The van der Waals surface area contributed by atoms with Crippen LogP contribution in [-0.4, -0.2) is 45.3 Å². The molecule has 0 saturated heterocycles. The first-order valence-corrected chi connectivity index (χ1v) is 11.5. The van der Waals surface area contributed by atoms with Gasteiger partial charge in [0, 0.05) is 14.1 Å². The molecule has 1 fully saturated rings. The van der Waals surface area contributed by atoms with Crippen LogP contribution in [0.2, 0.25) is 0 Å². The summed E-state index contributed by atoms with van der Waals surface area (Å²) in [6.07, 6.45) is 5.93. The molecule has 1 aliphatic carbocycles. The number of anilines is 2. The van der Waals surface area contributed by atoms with E-state index in [9.17, 15) is 14.4 Å². The molecular weight excluding hydrogens is 428 g/mol. The van der Waals surface area contributed by atoms with Crippen LogP contribution in [0.4, 0.5) is 11.5 Å². The molecule has 3 aromatic rings. The molecule has 0 aromatic carbocycles. The van der Waals surface area contributed by atoms with E-state index < -0.39 is 5.66 Å². The molecule has 10 heteroatoms. The third-order valence-electron chi connectivity index (χ3n) is 6.26. The molecular formula is C22H24N6O3S. The number of nitrogens with one attached hydrogen (secondary N) is 2. The molecule has 2 aliphatic rings. The zero-order valence-electron chi connectivity index (χ0n) is 18.2. The fraction of sp³-hybridized carbons (Fsp3) is 0.409. The predicted molar refractivity (Wildman–Crippen MR) is 123 cm³/mol. The lowest BCUT2D eigenvalue weighted by atomic mass is 9.89. The first-order chi connectivity index (χ1) is 15.3. The predicted octanol–water partition coefficient (Wildman–Crippen LogP) is 2.97. The second-order valence-electron chi connectivity index (χ2n) is 8.65. The molecule has 5 rings (SSSR count). The van der Waals surface area contributed by atoms with Crippen molar-refractivity contribution in [1.82, 2.24) is 24.8 Å². The van der Waals surface area contributed by atoms with Crippen molar-refractivity contribution < 1.29 is 9.59 Å². The number of rotatable bonds is 3. The standard InChI is InChI=1S/C22H24N6O3S/c1-12-9-14(20(30)28-16(12)18(29)26-22(28)7-5-4-6-8-22)25-17-13-10-15(21(31)27(2)3)32-19(13)24-11-23-17/h9-11H,4-8H2,1-3H3,(H,26,29)(H,23,24,25). The molecule has 2 N–H and O–H groups in total. The molecule has 32 heavy (non-hydrogen) atoms. The lowest BCUT2D eigenvalue weighted by molar-refractivity contribution is 0.0831. The summed E-state index contributed by atoms with van der Waals surface area (Å²) >= 11 is 1.28. The van der Waals surface area contributed by atoms with Gasteiger partial charge in [-0.15, -0.1) is 11.3 Å². The number of carbonyl (C=O) groups is 2. The number of nitrogens with zero attached hydrogens (tertiary/aromatic N) is 4. The average Bonchev–Trinajstić information content (AvgIpc) is 3.31. The number of aromatic nitrogens is 3. The topological polar surface area (TPSA) is 109 Å². The zero-order chi connectivity index (χ0) is 22.6. The molecule has 166 valence electrons. The smallest absolute Gasteiger partial charge is 0.276 e. The molecule has 0 unspecified atom stereocenters. The molecule has 1 aliphatic heterocycles. The summed E-state index contributed by atoms with van der Waals surface area (Å²) in [6, 6.07) is 3.44. The highest BCUT2D eigenvalue weighted by molar-refractivity contribution is 7.20. The SMILES string of the molecule is Cc1cc(Nc2ncnc3sc(C(=O)N(C)C)cc23)c(=O)n2c1C(=O)NC21CCCCC1. The first-order valence-electron chi connectivity index (χ1n) is 10.6. The van der Waals surface area contributed by atoms with Crippen LogP contribution in [0.25, 0.3) is 10.2 Å². The van der Waals surface area contributed by atoms with E-state index in [4.69, 9.17) is 0 Å². The lowest BCUT2D eigenvalue weighted by Gasteiger charge is -2.35. The van der Waals surface area contributed by atoms with Crippen LogP contribution in [-0.2, 0) is 5.66 Å². The van der Waals surface area contributed by atoms with Crippen LogP contribution < -0.4 is 16.2 Å². The van der Waals surface area contributed by atoms with Gasteiger partial charge in [-0.2, -0.15) is 0 Å². The van der Waals surface area contributed by atoms with Gasteiger partial charge in [-0.05, 0) is 50.3 Å². The number of fused-ring (bicyclic) bond motifs is 3. The van der Waals surface area contributed by atoms with Crippen molar-refractivity contribution in [3.63, 3.8) is 0 Å². The van der Waals surface area contributed by atoms with Crippen molar-refractivity contribution in [2.75, 3.05) is 19.4 Å². The third-order valence-corrected chi connectivity index (χ3v) is 7.29. The van der Waals surface area contributed by atoms with E-state index in [1.54, 1.807) is 30.8 Å². The number of pyridine rings is 1. The summed E-state index contributed by atoms with van der Waals surface area (Å²) in [7, 11) is 3.39. The van der Waals surface area contributed by atoms with E-state index in [1.165, 1.54) is 22.6 Å². The number of aryl methyl sites for hydroxylation is 1. The van der Waals surface area contributed by atoms with Crippen LogP contribution >= 0.6 is 11.3 Å². The molecule has 1 saturated carbocycles. The second kappa shape index (κ2) is 7.40. The highest BCUT2D eigenvalue weighted by atomic mass is 32.1. The van der Waals surface area contributed by atoms with Gasteiger partial charge in [-0.25, -0.2) is 9.97 Å². The lowest BCUT2D eigenvalue weighted by Crippen LogP contribution is -2.48. The Morgan fingerprint density at radius 1 is 1.19 bits per heavy atom. The Balaban J connectivity index is 1.61. The Bertz CT molecular complexity index is 1320. The number of hydrogen-bond acceptors (Lipinski definition) is 7. The van der Waals surface area contributed by atoms with Crippen LogP contribution in [0.5, 0.6) is 0 Å². The summed E-state index contributed by atoms with van der Waals surface area (Å²) in [5.41, 5.74) is 0.603. The third kappa shape index (κ3) is 3.09. The maximum absolute atomic E-state index is 13.6. The van der Waals surface area contributed by atoms with Crippen LogP contribution in [0.15, 0.2) is 23.3 Å². The zero-order valence-corrected chi connectivity index (χ0v) is 19.0. The van der Waals surface area contributed by atoms with Gasteiger partial charge in [-0.3, -0.25) is 19.0 Å². The molecule has 3 aromatic heterocycles. The first kappa shape index (κ1) is 20.6. The Kier molecular flexibility index (Phi) is 4.77. The fourth-order valence-corrected chi connectivity index (χ4v) is 5.76. The summed E-state index contributed by atoms with van der Waals surface area (Å²) in [5.74, 6) is 0.148. The highest BCUT2D eigenvalue weighted by Gasteiger charge is 2.45. The molecule has 0 radical (unpaired) electrons. The number of amides is 2. The highest BCUT2D eigenvalue weighted by Crippen LogP contribution is 2.38. The van der Waals surface area contributed by atoms with Gasteiger partial charge >= 0.3 is 0 Å². The minimum absolute atomic E-state index is 0.115. The van der Waals surface area contributed by atoms with Crippen molar-refractivity contribution in [2.45, 2.75) is 44.7 Å². The number of thiophene rings is 1. The summed E-state index contributed by atoms with van der Waals surface area (Å²) in [4.78, 5) is 50.0. The van der Waals surface area contributed by atoms with Gasteiger partial charge in [0.15, 0.2) is 0 Å². The Hall–Kier alpha value is -3.27. The van der Waals surface area contributed by atoms with Crippen LogP contribution in [0, 0.1) is 6.92 Å². The van der Waals surface area contributed by atoms with Gasteiger partial charge in [0.1, 0.15) is 34.0 Å². The van der Waals surface area contributed by atoms with Crippen LogP contribution in [0.3, 0.4) is 0 Å². The van der Waals surface area contributed by atoms with Crippen molar-refractivity contribution in [3.05, 3.63) is 44.9 Å². The van der Waals surface area contributed by atoms with Gasteiger partial charge in [0.05, 0.1) is 10.3 Å². The summed E-state index contributed by atoms with van der Waals surface area (Å²) in [5, 5.41) is 6.93. The van der Waals surface area contributed by atoms with Crippen LogP contribution in [0.1, 0.15) is 57.8 Å². The molecule has 1 spiro atoms. The molecule has 0 bridgehead atoms. The minimum Gasteiger partial charge on any atom is -0.344 e.